The summed E-state index contributed by atoms with van der Waals surface area (Å²) in [4.78, 5) is 16.4. The number of halogens is 2. The number of nitrogens with one attached hydrogen (secondary N) is 1. The van der Waals surface area contributed by atoms with Gasteiger partial charge in [-0.25, -0.2) is 9.37 Å². The first-order chi connectivity index (χ1) is 12.0. The van der Waals surface area contributed by atoms with Crippen LogP contribution in [-0.4, -0.2) is 21.2 Å². The van der Waals surface area contributed by atoms with Gasteiger partial charge >= 0.3 is 0 Å². The molecule has 1 N–H and O–H groups in total. The van der Waals surface area contributed by atoms with Gasteiger partial charge in [0.15, 0.2) is 5.16 Å². The normalized spacial score (nSPS) is 10.7. The quantitative estimate of drug-likeness (QED) is 0.662. The van der Waals surface area contributed by atoms with Gasteiger partial charge in [0.05, 0.1) is 17.6 Å². The highest BCUT2D eigenvalue weighted by atomic mass is 35.5. The molecule has 1 heterocycles. The number of imidazole rings is 1. The van der Waals surface area contributed by atoms with Crippen LogP contribution < -0.4 is 5.32 Å². The average molecular weight is 376 g/mol. The molecule has 3 rings (SSSR count). The highest BCUT2D eigenvalue weighted by Gasteiger charge is 2.11. The minimum absolute atomic E-state index is 0.182. The third-order valence-electron chi connectivity index (χ3n) is 3.53. The second-order valence-electron chi connectivity index (χ2n) is 5.34. The molecule has 0 unspecified atom stereocenters. The average Bonchev–Trinajstić information content (AvgIpc) is 2.94. The smallest absolute Gasteiger partial charge is 0.234 e. The topological polar surface area (TPSA) is 46.9 Å². The van der Waals surface area contributed by atoms with Crippen molar-refractivity contribution in [3.8, 4) is 11.3 Å². The standard InChI is InChI=1S/C18H15ClFN3OS/c1-23-16(12-5-7-13(19)8-6-12)10-21-18(23)25-11-17(24)22-15-4-2-3-14(20)9-15/h2-10H,11H2,1H3,(H,22,24). The van der Waals surface area contributed by atoms with Crippen molar-refractivity contribution in [2.45, 2.75) is 5.16 Å². The second-order valence-corrected chi connectivity index (χ2v) is 6.72. The number of carbonyl (C=O) groups is 1. The molecular weight excluding hydrogens is 361 g/mol. The van der Waals surface area contributed by atoms with Crippen LogP contribution in [0.5, 0.6) is 0 Å². The van der Waals surface area contributed by atoms with Gasteiger partial charge in [0.25, 0.3) is 0 Å². The Labute approximate surface area is 154 Å². The lowest BCUT2D eigenvalue weighted by Gasteiger charge is -2.07. The van der Waals surface area contributed by atoms with E-state index in [1.54, 1.807) is 18.3 Å². The largest absolute Gasteiger partial charge is 0.325 e. The van der Waals surface area contributed by atoms with E-state index < -0.39 is 0 Å². The zero-order valence-corrected chi connectivity index (χ0v) is 14.9. The van der Waals surface area contributed by atoms with Gasteiger partial charge in [0, 0.05) is 17.8 Å². The monoisotopic (exact) mass is 375 g/mol. The predicted octanol–water partition coefficient (Wildman–Crippen LogP) is 4.61. The van der Waals surface area contributed by atoms with E-state index in [0.717, 1.165) is 16.4 Å². The number of hydrogen-bond acceptors (Lipinski definition) is 3. The third-order valence-corrected chi connectivity index (χ3v) is 4.82. The number of benzene rings is 2. The van der Waals surface area contributed by atoms with E-state index in [1.165, 1.54) is 23.9 Å². The molecule has 0 bridgehead atoms. The Kier molecular flexibility index (Phi) is 5.40. The van der Waals surface area contributed by atoms with Crippen molar-refractivity contribution in [3.63, 3.8) is 0 Å². The van der Waals surface area contributed by atoms with E-state index in [-0.39, 0.29) is 17.5 Å². The maximum Gasteiger partial charge on any atom is 0.234 e. The fourth-order valence-corrected chi connectivity index (χ4v) is 3.19. The summed E-state index contributed by atoms with van der Waals surface area (Å²) in [5.41, 5.74) is 2.37. The van der Waals surface area contributed by atoms with Gasteiger partial charge in [-0.3, -0.25) is 4.79 Å². The lowest BCUT2D eigenvalue weighted by Crippen LogP contribution is -2.14. The predicted molar refractivity (Wildman–Crippen MR) is 99.4 cm³/mol. The zero-order chi connectivity index (χ0) is 17.8. The molecule has 128 valence electrons. The Bertz CT molecular complexity index is 896. The van der Waals surface area contributed by atoms with E-state index in [1.807, 2.05) is 35.9 Å². The molecule has 0 spiro atoms. The minimum Gasteiger partial charge on any atom is -0.325 e. The molecule has 3 aromatic rings. The van der Waals surface area contributed by atoms with E-state index >= 15 is 0 Å². The molecule has 2 aromatic carbocycles. The summed E-state index contributed by atoms with van der Waals surface area (Å²) in [6.07, 6.45) is 1.76. The van der Waals surface area contributed by atoms with Crippen LogP contribution in [0, 0.1) is 5.82 Å². The first-order valence-corrected chi connectivity index (χ1v) is 8.85. The van der Waals surface area contributed by atoms with Gasteiger partial charge in [-0.2, -0.15) is 0 Å². The third kappa shape index (κ3) is 4.41. The van der Waals surface area contributed by atoms with Gasteiger partial charge in [0.2, 0.25) is 5.91 Å². The summed E-state index contributed by atoms with van der Waals surface area (Å²) >= 11 is 7.23. The maximum atomic E-state index is 13.1. The molecule has 0 aliphatic heterocycles. The number of nitrogens with zero attached hydrogens (tertiary/aromatic N) is 2. The molecule has 0 fully saturated rings. The highest BCUT2D eigenvalue weighted by molar-refractivity contribution is 7.99. The van der Waals surface area contributed by atoms with E-state index in [4.69, 9.17) is 11.6 Å². The molecule has 7 heteroatoms. The molecule has 0 saturated heterocycles. The summed E-state index contributed by atoms with van der Waals surface area (Å²) < 4.78 is 15.1. The van der Waals surface area contributed by atoms with Crippen LogP contribution in [0.4, 0.5) is 10.1 Å². The van der Waals surface area contributed by atoms with Crippen molar-refractivity contribution in [2.24, 2.45) is 7.05 Å². The fraction of sp³-hybridized carbons (Fsp3) is 0.111. The molecule has 0 aliphatic carbocycles. The molecular formula is C18H15ClFN3OS. The van der Waals surface area contributed by atoms with E-state index in [9.17, 15) is 9.18 Å². The summed E-state index contributed by atoms with van der Waals surface area (Å²) in [6.45, 7) is 0. The number of amides is 1. The highest BCUT2D eigenvalue weighted by Crippen LogP contribution is 2.26. The van der Waals surface area contributed by atoms with Gasteiger partial charge < -0.3 is 9.88 Å². The molecule has 25 heavy (non-hydrogen) atoms. The number of anilines is 1. The molecule has 1 aromatic heterocycles. The lowest BCUT2D eigenvalue weighted by atomic mass is 10.2. The van der Waals surface area contributed by atoms with Crippen molar-refractivity contribution < 1.29 is 9.18 Å². The minimum atomic E-state index is -0.387. The summed E-state index contributed by atoms with van der Waals surface area (Å²) in [7, 11) is 1.89. The van der Waals surface area contributed by atoms with Crippen molar-refractivity contribution in [2.75, 3.05) is 11.1 Å². The fourth-order valence-electron chi connectivity index (χ4n) is 2.31. The second kappa shape index (κ2) is 7.72. The van der Waals surface area contributed by atoms with Crippen LogP contribution in [0.1, 0.15) is 0 Å². The molecule has 1 amide bonds. The molecule has 0 saturated carbocycles. The van der Waals surface area contributed by atoms with Crippen LogP contribution >= 0.6 is 23.4 Å². The summed E-state index contributed by atoms with van der Waals surface area (Å²) in [6, 6.07) is 13.3. The Morgan fingerprint density at radius 1 is 1.28 bits per heavy atom. The SMILES string of the molecule is Cn1c(-c2ccc(Cl)cc2)cnc1SCC(=O)Nc1cccc(F)c1. The number of thioether (sulfide) groups is 1. The first-order valence-electron chi connectivity index (χ1n) is 7.49. The van der Waals surface area contributed by atoms with Crippen molar-refractivity contribution in [1.29, 1.82) is 0 Å². The van der Waals surface area contributed by atoms with Crippen molar-refractivity contribution >= 4 is 35.0 Å². The molecule has 0 radical (unpaired) electrons. The zero-order valence-electron chi connectivity index (χ0n) is 13.4. The van der Waals surface area contributed by atoms with Crippen LogP contribution in [0.2, 0.25) is 5.02 Å². The van der Waals surface area contributed by atoms with Crippen molar-refractivity contribution in [1.82, 2.24) is 9.55 Å². The summed E-state index contributed by atoms with van der Waals surface area (Å²) in [5.74, 6) is -0.421. The Hall–Kier alpha value is -2.31. The number of carbonyl (C=O) groups excluding carboxylic acids is 1. The van der Waals surface area contributed by atoms with Crippen LogP contribution in [0.3, 0.4) is 0 Å². The van der Waals surface area contributed by atoms with Crippen LogP contribution in [0.15, 0.2) is 59.9 Å². The van der Waals surface area contributed by atoms with E-state index in [2.05, 4.69) is 10.3 Å². The van der Waals surface area contributed by atoms with E-state index in [0.29, 0.717) is 10.7 Å². The first kappa shape index (κ1) is 17.5. The number of aromatic nitrogens is 2. The van der Waals surface area contributed by atoms with Gasteiger partial charge in [0.1, 0.15) is 5.82 Å². The molecule has 0 aliphatic rings. The lowest BCUT2D eigenvalue weighted by molar-refractivity contribution is -0.113. The summed E-state index contributed by atoms with van der Waals surface area (Å²) in [5, 5.41) is 4.06. The maximum absolute atomic E-state index is 13.1. The van der Waals surface area contributed by atoms with Crippen molar-refractivity contribution in [3.05, 3.63) is 65.6 Å². The molecule has 4 nitrogen and oxygen atoms in total. The van der Waals surface area contributed by atoms with Crippen LogP contribution in [0.25, 0.3) is 11.3 Å². The Morgan fingerprint density at radius 3 is 2.76 bits per heavy atom. The van der Waals surface area contributed by atoms with Gasteiger partial charge in [-0.1, -0.05) is 41.6 Å². The number of rotatable bonds is 5. The Morgan fingerprint density at radius 2 is 2.04 bits per heavy atom. The molecule has 0 atom stereocenters. The van der Waals surface area contributed by atoms with Gasteiger partial charge in [-0.15, -0.1) is 0 Å². The van der Waals surface area contributed by atoms with Gasteiger partial charge in [-0.05, 0) is 35.9 Å². The Balaban J connectivity index is 1.64. The van der Waals surface area contributed by atoms with Crippen LogP contribution in [-0.2, 0) is 11.8 Å². The number of hydrogen-bond donors (Lipinski definition) is 1.